The molecule has 70 valence electrons. The minimum Gasteiger partial charge on any atom is -0.396 e. The van der Waals surface area contributed by atoms with E-state index in [4.69, 9.17) is 5.11 Å². The predicted octanol–water partition coefficient (Wildman–Crippen LogP) is 1.64. The maximum Gasteiger partial charge on any atom is 0.100 e. The van der Waals surface area contributed by atoms with Crippen LogP contribution in [0.15, 0.2) is 25.3 Å². The lowest BCUT2D eigenvalue weighted by Gasteiger charge is -2.18. The second kappa shape index (κ2) is 5.98. The molecule has 0 saturated heterocycles. The van der Waals surface area contributed by atoms with Gasteiger partial charge in [-0.3, -0.25) is 0 Å². The lowest BCUT2D eigenvalue weighted by Crippen LogP contribution is -2.21. The van der Waals surface area contributed by atoms with E-state index >= 15 is 0 Å². The SMILES string of the molecule is C=CC(O)(C=C)CCCCCO. The Morgan fingerprint density at radius 1 is 1.08 bits per heavy atom. The van der Waals surface area contributed by atoms with Crippen molar-refractivity contribution < 1.29 is 10.2 Å². The number of rotatable bonds is 7. The predicted molar refractivity (Wildman–Crippen MR) is 50.9 cm³/mol. The van der Waals surface area contributed by atoms with Gasteiger partial charge in [-0.05, 0) is 19.3 Å². The first-order valence-corrected chi connectivity index (χ1v) is 4.29. The van der Waals surface area contributed by atoms with E-state index in [2.05, 4.69) is 13.2 Å². The first-order valence-electron chi connectivity index (χ1n) is 4.29. The number of unbranched alkanes of at least 4 members (excludes halogenated alkanes) is 2. The highest BCUT2D eigenvalue weighted by Gasteiger charge is 2.16. The molecule has 2 heteroatoms. The lowest BCUT2D eigenvalue weighted by molar-refractivity contribution is 0.128. The summed E-state index contributed by atoms with van der Waals surface area (Å²) in [6, 6.07) is 0. The van der Waals surface area contributed by atoms with Crippen molar-refractivity contribution in [2.24, 2.45) is 0 Å². The molecule has 0 aliphatic heterocycles. The van der Waals surface area contributed by atoms with E-state index in [-0.39, 0.29) is 6.61 Å². The summed E-state index contributed by atoms with van der Waals surface area (Å²) in [5, 5.41) is 18.1. The molecule has 0 aliphatic rings. The second-order valence-corrected chi connectivity index (χ2v) is 2.93. The van der Waals surface area contributed by atoms with E-state index in [1.165, 1.54) is 12.2 Å². The van der Waals surface area contributed by atoms with Gasteiger partial charge in [-0.15, -0.1) is 0 Å². The topological polar surface area (TPSA) is 40.5 Å². The van der Waals surface area contributed by atoms with Gasteiger partial charge in [0.2, 0.25) is 0 Å². The molecule has 0 aromatic carbocycles. The van der Waals surface area contributed by atoms with Crippen molar-refractivity contribution in [2.75, 3.05) is 6.61 Å². The summed E-state index contributed by atoms with van der Waals surface area (Å²) < 4.78 is 0. The zero-order valence-electron chi connectivity index (χ0n) is 7.50. The molecule has 0 aromatic rings. The number of hydrogen-bond donors (Lipinski definition) is 2. The average molecular weight is 170 g/mol. The largest absolute Gasteiger partial charge is 0.396 e. The monoisotopic (exact) mass is 170 g/mol. The van der Waals surface area contributed by atoms with E-state index in [9.17, 15) is 5.11 Å². The van der Waals surface area contributed by atoms with Crippen LogP contribution in [0.4, 0.5) is 0 Å². The van der Waals surface area contributed by atoms with Crippen LogP contribution in [-0.2, 0) is 0 Å². The highest BCUT2D eigenvalue weighted by Crippen LogP contribution is 2.16. The van der Waals surface area contributed by atoms with Crippen molar-refractivity contribution >= 4 is 0 Å². The molecule has 0 radical (unpaired) electrons. The fraction of sp³-hybridized carbons (Fsp3) is 0.600. The van der Waals surface area contributed by atoms with Gasteiger partial charge in [0.1, 0.15) is 5.60 Å². The molecular weight excluding hydrogens is 152 g/mol. The highest BCUT2D eigenvalue weighted by molar-refractivity contribution is 5.07. The average Bonchev–Trinajstić information content (AvgIpc) is 2.12. The molecule has 0 fully saturated rings. The van der Waals surface area contributed by atoms with Crippen LogP contribution in [0.1, 0.15) is 25.7 Å². The Morgan fingerprint density at radius 3 is 2.08 bits per heavy atom. The molecule has 0 saturated carbocycles. The summed E-state index contributed by atoms with van der Waals surface area (Å²) in [6.07, 6.45) is 6.25. The summed E-state index contributed by atoms with van der Waals surface area (Å²) in [7, 11) is 0. The van der Waals surface area contributed by atoms with Crippen molar-refractivity contribution in [3.8, 4) is 0 Å². The first kappa shape index (κ1) is 11.4. The molecule has 0 amide bonds. The van der Waals surface area contributed by atoms with Gasteiger partial charge >= 0.3 is 0 Å². The Balaban J connectivity index is 3.58. The van der Waals surface area contributed by atoms with Crippen LogP contribution in [0.5, 0.6) is 0 Å². The van der Waals surface area contributed by atoms with Gasteiger partial charge in [0.25, 0.3) is 0 Å². The van der Waals surface area contributed by atoms with Crippen LogP contribution in [-0.4, -0.2) is 22.4 Å². The number of aliphatic hydroxyl groups excluding tert-OH is 1. The summed E-state index contributed by atoms with van der Waals surface area (Å²) in [4.78, 5) is 0. The molecule has 12 heavy (non-hydrogen) atoms. The first-order chi connectivity index (χ1) is 5.68. The number of aliphatic hydroxyl groups is 2. The quantitative estimate of drug-likeness (QED) is 0.450. The summed E-state index contributed by atoms with van der Waals surface area (Å²) in [5.41, 5.74) is -0.921. The molecule has 0 aliphatic carbocycles. The molecule has 0 rings (SSSR count). The van der Waals surface area contributed by atoms with Gasteiger partial charge in [-0.2, -0.15) is 0 Å². The molecule has 0 unspecified atom stereocenters. The summed E-state index contributed by atoms with van der Waals surface area (Å²) in [5.74, 6) is 0. The normalized spacial score (nSPS) is 11.2. The maximum atomic E-state index is 9.63. The van der Waals surface area contributed by atoms with Crippen LogP contribution in [0, 0.1) is 0 Å². The van der Waals surface area contributed by atoms with Gasteiger partial charge < -0.3 is 10.2 Å². The number of hydrogen-bond acceptors (Lipinski definition) is 2. The van der Waals surface area contributed by atoms with E-state index in [0.717, 1.165) is 19.3 Å². The highest BCUT2D eigenvalue weighted by atomic mass is 16.3. The van der Waals surface area contributed by atoms with E-state index in [0.29, 0.717) is 6.42 Å². The lowest BCUT2D eigenvalue weighted by atomic mass is 9.96. The third kappa shape index (κ3) is 4.31. The van der Waals surface area contributed by atoms with E-state index in [1.807, 2.05) is 0 Å². The molecule has 2 N–H and O–H groups in total. The van der Waals surface area contributed by atoms with E-state index < -0.39 is 5.60 Å². The Morgan fingerprint density at radius 2 is 1.67 bits per heavy atom. The summed E-state index contributed by atoms with van der Waals surface area (Å²) in [6.45, 7) is 7.29. The zero-order valence-corrected chi connectivity index (χ0v) is 7.50. The molecule has 0 aromatic heterocycles. The summed E-state index contributed by atoms with van der Waals surface area (Å²) >= 11 is 0. The fourth-order valence-electron chi connectivity index (χ4n) is 0.984. The van der Waals surface area contributed by atoms with Gasteiger partial charge in [-0.1, -0.05) is 31.7 Å². The Kier molecular flexibility index (Phi) is 5.68. The maximum absolute atomic E-state index is 9.63. The van der Waals surface area contributed by atoms with Gasteiger partial charge in [0, 0.05) is 6.61 Å². The van der Waals surface area contributed by atoms with Crippen LogP contribution in [0.2, 0.25) is 0 Å². The molecule has 0 atom stereocenters. The van der Waals surface area contributed by atoms with Crippen molar-refractivity contribution in [1.82, 2.24) is 0 Å². The van der Waals surface area contributed by atoms with Crippen molar-refractivity contribution in [3.63, 3.8) is 0 Å². The third-order valence-corrected chi connectivity index (χ3v) is 1.94. The van der Waals surface area contributed by atoms with Crippen LogP contribution >= 0.6 is 0 Å². The smallest absolute Gasteiger partial charge is 0.100 e. The molecular formula is C10H18O2. The van der Waals surface area contributed by atoms with Gasteiger partial charge in [-0.25, -0.2) is 0 Å². The minimum atomic E-state index is -0.921. The van der Waals surface area contributed by atoms with Crippen molar-refractivity contribution in [3.05, 3.63) is 25.3 Å². The van der Waals surface area contributed by atoms with E-state index in [1.54, 1.807) is 0 Å². The zero-order chi connectivity index (χ0) is 9.45. The Hall–Kier alpha value is -0.600. The second-order valence-electron chi connectivity index (χ2n) is 2.93. The molecule has 0 bridgehead atoms. The minimum absolute atomic E-state index is 0.223. The Bertz CT molecular complexity index is 133. The van der Waals surface area contributed by atoms with Crippen LogP contribution in [0.3, 0.4) is 0 Å². The molecule has 2 nitrogen and oxygen atoms in total. The van der Waals surface area contributed by atoms with Gasteiger partial charge in [0.15, 0.2) is 0 Å². The molecule has 0 heterocycles. The van der Waals surface area contributed by atoms with Crippen molar-refractivity contribution in [2.45, 2.75) is 31.3 Å². The standard InChI is InChI=1S/C10H18O2/c1-3-10(12,4-2)8-6-5-7-9-11/h3-4,11-12H,1-2,5-9H2. The van der Waals surface area contributed by atoms with Crippen LogP contribution < -0.4 is 0 Å². The fourth-order valence-corrected chi connectivity index (χ4v) is 0.984. The van der Waals surface area contributed by atoms with Crippen molar-refractivity contribution in [1.29, 1.82) is 0 Å². The van der Waals surface area contributed by atoms with Gasteiger partial charge in [0.05, 0.1) is 0 Å². The molecule has 0 spiro atoms. The third-order valence-electron chi connectivity index (χ3n) is 1.94. The Labute approximate surface area is 74.2 Å². The van der Waals surface area contributed by atoms with Crippen LogP contribution in [0.25, 0.3) is 0 Å².